The van der Waals surface area contributed by atoms with E-state index in [-0.39, 0.29) is 17.4 Å². The molecule has 6 rings (SSSR count). The van der Waals surface area contributed by atoms with Crippen molar-refractivity contribution in [3.8, 4) is 11.3 Å². The van der Waals surface area contributed by atoms with Crippen molar-refractivity contribution >= 4 is 34.8 Å². The third-order valence-electron chi connectivity index (χ3n) is 7.86. The van der Waals surface area contributed by atoms with Crippen LogP contribution in [0.25, 0.3) is 11.3 Å². The van der Waals surface area contributed by atoms with Crippen LogP contribution in [0.4, 0.5) is 15.8 Å². The van der Waals surface area contributed by atoms with E-state index >= 15 is 0 Å². The maximum atomic E-state index is 13.5. The SMILES string of the molecule is CN1CCN(c2ccc(Cl)c(C(=O)Nc3ccc4c(c3)-c3c(c(C(N)=O)nn3Cc3ccc(F)cc3)CC4)c2)CC1. The Morgan fingerprint density at radius 2 is 1.76 bits per heavy atom. The first kappa shape index (κ1) is 27.0. The number of halogens is 2. The van der Waals surface area contributed by atoms with Crippen molar-refractivity contribution in [2.75, 3.05) is 43.4 Å². The van der Waals surface area contributed by atoms with E-state index in [1.54, 1.807) is 22.9 Å². The summed E-state index contributed by atoms with van der Waals surface area (Å²) in [7, 11) is 2.10. The number of nitrogens with one attached hydrogen (secondary N) is 1. The maximum absolute atomic E-state index is 13.5. The zero-order valence-electron chi connectivity index (χ0n) is 22.7. The molecule has 0 spiro atoms. The summed E-state index contributed by atoms with van der Waals surface area (Å²) >= 11 is 6.48. The molecule has 0 bridgehead atoms. The molecule has 210 valence electrons. The average molecular weight is 573 g/mol. The van der Waals surface area contributed by atoms with Crippen LogP contribution in [0.15, 0.2) is 60.7 Å². The Balaban J connectivity index is 1.31. The Bertz CT molecular complexity index is 1640. The molecule has 0 atom stereocenters. The first-order valence-electron chi connectivity index (χ1n) is 13.6. The lowest BCUT2D eigenvalue weighted by atomic mass is 9.88. The van der Waals surface area contributed by atoms with Crippen LogP contribution in [0.2, 0.25) is 5.02 Å². The largest absolute Gasteiger partial charge is 0.369 e. The molecule has 1 aliphatic carbocycles. The molecule has 1 fully saturated rings. The number of hydrogen-bond donors (Lipinski definition) is 2. The van der Waals surface area contributed by atoms with Crippen molar-refractivity contribution in [3.63, 3.8) is 0 Å². The Labute approximate surface area is 242 Å². The van der Waals surface area contributed by atoms with E-state index in [9.17, 15) is 14.0 Å². The fourth-order valence-corrected chi connectivity index (χ4v) is 5.82. The van der Waals surface area contributed by atoms with Gasteiger partial charge in [-0.05, 0) is 73.5 Å². The summed E-state index contributed by atoms with van der Waals surface area (Å²) in [6, 6.07) is 17.5. The molecule has 2 aliphatic rings. The van der Waals surface area contributed by atoms with E-state index in [1.165, 1.54) is 12.1 Å². The molecule has 8 nitrogen and oxygen atoms in total. The molecule has 1 saturated heterocycles. The van der Waals surface area contributed by atoms with Gasteiger partial charge in [0.05, 0.1) is 22.8 Å². The van der Waals surface area contributed by atoms with Crippen molar-refractivity contribution < 1.29 is 14.0 Å². The fraction of sp³-hybridized carbons (Fsp3) is 0.258. The molecule has 3 aromatic carbocycles. The first-order valence-corrected chi connectivity index (χ1v) is 14.0. The summed E-state index contributed by atoms with van der Waals surface area (Å²) in [6.07, 6.45) is 1.32. The lowest BCUT2D eigenvalue weighted by Crippen LogP contribution is -2.44. The lowest BCUT2D eigenvalue weighted by molar-refractivity contribution is 0.0991. The number of fused-ring (bicyclic) bond motifs is 3. The smallest absolute Gasteiger partial charge is 0.269 e. The van der Waals surface area contributed by atoms with Gasteiger partial charge in [0, 0.05) is 48.7 Å². The van der Waals surface area contributed by atoms with Crippen molar-refractivity contribution in [2.45, 2.75) is 19.4 Å². The van der Waals surface area contributed by atoms with Crippen LogP contribution >= 0.6 is 11.6 Å². The molecular formula is C31H30ClFN6O2. The molecule has 3 N–H and O–H groups in total. The number of hydrogen-bond acceptors (Lipinski definition) is 5. The highest BCUT2D eigenvalue weighted by Crippen LogP contribution is 2.37. The molecule has 1 aromatic heterocycles. The van der Waals surface area contributed by atoms with Crippen molar-refractivity contribution in [2.24, 2.45) is 5.73 Å². The third kappa shape index (κ3) is 5.42. The summed E-state index contributed by atoms with van der Waals surface area (Å²) < 4.78 is 15.2. The van der Waals surface area contributed by atoms with Crippen LogP contribution < -0.4 is 16.0 Å². The minimum atomic E-state index is -0.595. The van der Waals surface area contributed by atoms with Crippen LogP contribution in [0, 0.1) is 5.82 Å². The van der Waals surface area contributed by atoms with Crippen LogP contribution in [0.3, 0.4) is 0 Å². The van der Waals surface area contributed by atoms with Gasteiger partial charge < -0.3 is 20.9 Å². The Hall–Kier alpha value is -4.21. The fourth-order valence-electron chi connectivity index (χ4n) is 5.61. The molecule has 0 unspecified atom stereocenters. The maximum Gasteiger partial charge on any atom is 0.269 e. The monoisotopic (exact) mass is 572 g/mol. The van der Waals surface area contributed by atoms with Gasteiger partial charge in [-0.15, -0.1) is 0 Å². The topological polar surface area (TPSA) is 96.5 Å². The predicted molar refractivity (Wildman–Crippen MR) is 158 cm³/mol. The number of anilines is 2. The zero-order valence-corrected chi connectivity index (χ0v) is 23.4. The summed E-state index contributed by atoms with van der Waals surface area (Å²) in [5.41, 5.74) is 12.2. The molecule has 41 heavy (non-hydrogen) atoms. The zero-order chi connectivity index (χ0) is 28.7. The van der Waals surface area contributed by atoms with Gasteiger partial charge in [-0.2, -0.15) is 5.10 Å². The van der Waals surface area contributed by atoms with Gasteiger partial charge in [-0.1, -0.05) is 29.8 Å². The average Bonchev–Trinajstić information content (AvgIpc) is 3.34. The standard InChI is InChI=1S/C31H30ClFN6O2/c1-37-12-14-38(15-13-37)23-9-11-27(32)26(17-23)31(41)35-22-8-4-20-5-10-24-28(30(34)40)36-39(29(24)25(20)16-22)18-19-2-6-21(33)7-3-19/h2-4,6-9,11,16-17H,5,10,12-15,18H2,1H3,(H2,34,40)(H,35,41). The van der Waals surface area contributed by atoms with Gasteiger partial charge in [-0.3, -0.25) is 14.3 Å². The lowest BCUT2D eigenvalue weighted by Gasteiger charge is -2.34. The highest BCUT2D eigenvalue weighted by molar-refractivity contribution is 6.34. The first-order chi connectivity index (χ1) is 19.8. The van der Waals surface area contributed by atoms with E-state index in [2.05, 4.69) is 27.3 Å². The second-order valence-corrected chi connectivity index (χ2v) is 11.0. The third-order valence-corrected chi connectivity index (χ3v) is 8.19. The number of piperazine rings is 1. The number of carbonyl (C=O) groups excluding carboxylic acids is 2. The summed E-state index contributed by atoms with van der Waals surface area (Å²) in [4.78, 5) is 30.2. The van der Waals surface area contributed by atoms with E-state index in [1.807, 2.05) is 30.3 Å². The summed E-state index contributed by atoms with van der Waals surface area (Å²) in [5, 5.41) is 7.94. The van der Waals surface area contributed by atoms with Gasteiger partial charge in [0.25, 0.3) is 11.8 Å². The van der Waals surface area contributed by atoms with E-state index in [4.69, 9.17) is 17.3 Å². The number of benzene rings is 3. The Kier molecular flexibility index (Phi) is 7.23. The number of aryl methyl sites for hydroxylation is 1. The Morgan fingerprint density at radius 3 is 2.49 bits per heavy atom. The quantitative estimate of drug-likeness (QED) is 0.352. The number of amides is 2. The van der Waals surface area contributed by atoms with Crippen LogP contribution in [0.5, 0.6) is 0 Å². The van der Waals surface area contributed by atoms with Crippen molar-refractivity contribution in [3.05, 3.63) is 99.5 Å². The molecule has 2 heterocycles. The Morgan fingerprint density at radius 1 is 1.00 bits per heavy atom. The second-order valence-electron chi connectivity index (χ2n) is 10.6. The van der Waals surface area contributed by atoms with Crippen molar-refractivity contribution in [1.82, 2.24) is 14.7 Å². The van der Waals surface area contributed by atoms with Gasteiger partial charge >= 0.3 is 0 Å². The van der Waals surface area contributed by atoms with Gasteiger partial charge in [-0.25, -0.2) is 4.39 Å². The number of carbonyl (C=O) groups is 2. The highest BCUT2D eigenvalue weighted by Gasteiger charge is 2.28. The number of primary amides is 1. The van der Waals surface area contributed by atoms with Gasteiger partial charge in [0.1, 0.15) is 5.82 Å². The predicted octanol–water partition coefficient (Wildman–Crippen LogP) is 4.59. The molecule has 0 radical (unpaired) electrons. The van der Waals surface area contributed by atoms with Crippen LogP contribution in [0.1, 0.15) is 37.5 Å². The highest BCUT2D eigenvalue weighted by atomic mass is 35.5. The molecule has 0 saturated carbocycles. The minimum Gasteiger partial charge on any atom is -0.369 e. The molecule has 4 aromatic rings. The molecular weight excluding hydrogens is 543 g/mol. The number of likely N-dealkylation sites (N-methyl/N-ethyl adjacent to an activating group) is 1. The van der Waals surface area contributed by atoms with E-state index in [0.717, 1.165) is 59.8 Å². The number of nitrogens with two attached hydrogens (primary N) is 1. The summed E-state index contributed by atoms with van der Waals surface area (Å²) in [6.45, 7) is 4.00. The van der Waals surface area contributed by atoms with E-state index < -0.39 is 5.91 Å². The van der Waals surface area contributed by atoms with Crippen LogP contribution in [-0.2, 0) is 19.4 Å². The summed E-state index contributed by atoms with van der Waals surface area (Å²) in [5.74, 6) is -1.23. The number of nitrogens with zero attached hydrogens (tertiary/aromatic N) is 4. The van der Waals surface area contributed by atoms with Gasteiger partial charge in [0.15, 0.2) is 5.69 Å². The van der Waals surface area contributed by atoms with E-state index in [0.29, 0.717) is 35.7 Å². The van der Waals surface area contributed by atoms with Crippen molar-refractivity contribution in [1.29, 1.82) is 0 Å². The normalized spacial score (nSPS) is 14.9. The molecule has 2 amide bonds. The second kappa shape index (κ2) is 11.0. The number of aromatic nitrogens is 2. The van der Waals surface area contributed by atoms with Gasteiger partial charge in [0.2, 0.25) is 0 Å². The molecule has 1 aliphatic heterocycles. The minimum absolute atomic E-state index is 0.231. The number of rotatable bonds is 6. The molecule has 10 heteroatoms. The van der Waals surface area contributed by atoms with Crippen LogP contribution in [-0.4, -0.2) is 59.7 Å².